The average molecular weight is 560 g/mol. The van der Waals surface area contributed by atoms with Crippen LogP contribution >= 0.6 is 0 Å². The van der Waals surface area contributed by atoms with Crippen molar-refractivity contribution in [2.24, 2.45) is 0 Å². The highest BCUT2D eigenvalue weighted by molar-refractivity contribution is 6.32. The Hall–Kier alpha value is -5.50. The van der Waals surface area contributed by atoms with Crippen LogP contribution in [0.25, 0.3) is 5.57 Å². The van der Waals surface area contributed by atoms with Crippen LogP contribution in [-0.2, 0) is 16.0 Å². The number of ketones is 1. The van der Waals surface area contributed by atoms with E-state index in [1.807, 2.05) is 43.3 Å². The van der Waals surface area contributed by atoms with Crippen LogP contribution in [0.4, 0.5) is 17.1 Å². The molecule has 0 radical (unpaired) electrons. The zero-order chi connectivity index (χ0) is 29.6. The topological polar surface area (TPSA) is 125 Å². The molecule has 5 rings (SSSR count). The van der Waals surface area contributed by atoms with Crippen molar-refractivity contribution in [2.45, 2.75) is 26.2 Å². The van der Waals surface area contributed by atoms with Crippen LogP contribution in [0.3, 0.4) is 0 Å². The third-order valence-corrected chi connectivity index (χ3v) is 7.03. The Morgan fingerprint density at radius 1 is 0.857 bits per heavy atom. The van der Waals surface area contributed by atoms with Gasteiger partial charge in [0.15, 0.2) is 5.78 Å². The van der Waals surface area contributed by atoms with E-state index in [1.54, 1.807) is 60.8 Å². The van der Waals surface area contributed by atoms with Gasteiger partial charge >= 0.3 is 5.97 Å². The second-order valence-electron chi connectivity index (χ2n) is 10.0. The van der Waals surface area contributed by atoms with Crippen molar-refractivity contribution in [1.82, 2.24) is 0 Å². The molecule has 0 fully saturated rings. The molecule has 1 aliphatic rings. The smallest absolute Gasteiger partial charge is 0.303 e. The Balaban J connectivity index is 1.27. The minimum atomic E-state index is -0.805. The fourth-order valence-electron chi connectivity index (χ4n) is 4.78. The first-order valence-corrected chi connectivity index (χ1v) is 13.5. The van der Waals surface area contributed by atoms with Crippen LogP contribution in [0.1, 0.15) is 55.8 Å². The second-order valence-corrected chi connectivity index (χ2v) is 10.0. The number of fused-ring (bicyclic) bond motifs is 1. The molecule has 0 spiro atoms. The van der Waals surface area contributed by atoms with Crippen molar-refractivity contribution < 1.29 is 24.3 Å². The first-order chi connectivity index (χ1) is 20.3. The molecule has 0 aliphatic carbocycles. The number of hydrogen-bond acceptors (Lipinski definition) is 5. The Morgan fingerprint density at radius 3 is 2.38 bits per heavy atom. The molecule has 1 heterocycles. The summed E-state index contributed by atoms with van der Waals surface area (Å²) in [5.41, 5.74) is 6.21. The lowest BCUT2D eigenvalue weighted by atomic mass is 9.99. The number of aryl methyl sites for hydroxylation is 2. The van der Waals surface area contributed by atoms with E-state index >= 15 is 0 Å². The summed E-state index contributed by atoms with van der Waals surface area (Å²) in [5.74, 6) is -1.58. The van der Waals surface area contributed by atoms with E-state index in [0.717, 1.165) is 16.8 Å². The van der Waals surface area contributed by atoms with Gasteiger partial charge in [-0.15, -0.1) is 0 Å². The summed E-state index contributed by atoms with van der Waals surface area (Å²) in [6, 6.07) is 26.7. The molecule has 0 aromatic heterocycles. The largest absolute Gasteiger partial charge is 0.481 e. The molecular weight excluding hydrogens is 530 g/mol. The highest BCUT2D eigenvalue weighted by atomic mass is 16.4. The van der Waals surface area contributed by atoms with Gasteiger partial charge in [0.25, 0.3) is 11.8 Å². The standard InChI is InChI=1S/C34H29N3O5/c1-21-6-2-3-10-27(21)33(41)36-26-9-5-8-23(18-26)32(40)24-14-17-28-29(34(42)37-30(28)19-24)20-35-25-15-12-22(13-16-25)7-4-11-31(38)39/h2-3,5-6,8-10,12-20,35H,4,7,11H2,1H3,(H,36,41)(H,37,42)(H,38,39). The predicted octanol–water partition coefficient (Wildman–Crippen LogP) is 6.29. The summed E-state index contributed by atoms with van der Waals surface area (Å²) < 4.78 is 0. The van der Waals surface area contributed by atoms with Gasteiger partial charge in [-0.2, -0.15) is 0 Å². The van der Waals surface area contributed by atoms with Crippen molar-refractivity contribution in [2.75, 3.05) is 16.0 Å². The van der Waals surface area contributed by atoms with Crippen LogP contribution in [0.15, 0.2) is 97.2 Å². The highest BCUT2D eigenvalue weighted by Crippen LogP contribution is 2.33. The van der Waals surface area contributed by atoms with Crippen LogP contribution in [0, 0.1) is 6.92 Å². The van der Waals surface area contributed by atoms with Gasteiger partial charge in [0.05, 0.1) is 5.57 Å². The Bertz CT molecular complexity index is 1720. The van der Waals surface area contributed by atoms with E-state index in [1.165, 1.54) is 0 Å². The molecule has 4 aromatic rings. The predicted molar refractivity (Wildman–Crippen MR) is 163 cm³/mol. The molecule has 4 aromatic carbocycles. The van der Waals surface area contributed by atoms with Gasteiger partial charge in [-0.3, -0.25) is 19.2 Å². The molecule has 210 valence electrons. The number of carbonyl (C=O) groups excluding carboxylic acids is 3. The van der Waals surface area contributed by atoms with E-state index in [9.17, 15) is 19.2 Å². The number of aliphatic carboxylic acids is 1. The minimum absolute atomic E-state index is 0.132. The molecule has 1 aliphatic heterocycles. The van der Waals surface area contributed by atoms with Gasteiger partial charge < -0.3 is 21.1 Å². The van der Waals surface area contributed by atoms with E-state index < -0.39 is 5.97 Å². The molecule has 8 nitrogen and oxygen atoms in total. The van der Waals surface area contributed by atoms with E-state index in [-0.39, 0.29) is 24.0 Å². The van der Waals surface area contributed by atoms with Gasteiger partial charge in [0, 0.05) is 51.9 Å². The summed E-state index contributed by atoms with van der Waals surface area (Å²) in [5, 5.41) is 17.6. The maximum absolute atomic E-state index is 13.3. The quantitative estimate of drug-likeness (QED) is 0.134. The lowest BCUT2D eigenvalue weighted by molar-refractivity contribution is -0.137. The summed E-state index contributed by atoms with van der Waals surface area (Å²) in [4.78, 5) is 49.5. The minimum Gasteiger partial charge on any atom is -0.481 e. The lowest BCUT2D eigenvalue weighted by Gasteiger charge is -2.09. The monoisotopic (exact) mass is 559 g/mol. The van der Waals surface area contributed by atoms with E-state index in [4.69, 9.17) is 5.11 Å². The molecule has 0 bridgehead atoms. The number of carboxylic acids is 1. The van der Waals surface area contributed by atoms with Crippen LogP contribution in [-0.4, -0.2) is 28.7 Å². The van der Waals surface area contributed by atoms with Gasteiger partial charge in [-0.05, 0) is 67.3 Å². The molecule has 4 N–H and O–H groups in total. The molecule has 0 atom stereocenters. The average Bonchev–Trinajstić information content (AvgIpc) is 3.30. The first-order valence-electron chi connectivity index (χ1n) is 13.5. The van der Waals surface area contributed by atoms with Crippen LogP contribution in [0.2, 0.25) is 0 Å². The zero-order valence-electron chi connectivity index (χ0n) is 22.9. The fraction of sp³-hybridized carbons (Fsp3) is 0.118. The Morgan fingerprint density at radius 2 is 1.62 bits per heavy atom. The van der Waals surface area contributed by atoms with Gasteiger partial charge in [-0.25, -0.2) is 0 Å². The maximum Gasteiger partial charge on any atom is 0.303 e. The summed E-state index contributed by atoms with van der Waals surface area (Å²) >= 11 is 0. The number of benzene rings is 4. The van der Waals surface area contributed by atoms with Gasteiger partial charge in [-0.1, -0.05) is 54.6 Å². The third-order valence-electron chi connectivity index (χ3n) is 7.03. The van der Waals surface area contributed by atoms with E-state index in [2.05, 4.69) is 16.0 Å². The number of carbonyl (C=O) groups is 4. The summed E-state index contributed by atoms with van der Waals surface area (Å²) in [6.07, 6.45) is 3.01. The molecule has 42 heavy (non-hydrogen) atoms. The summed E-state index contributed by atoms with van der Waals surface area (Å²) in [7, 11) is 0. The lowest BCUT2D eigenvalue weighted by Crippen LogP contribution is -2.13. The van der Waals surface area contributed by atoms with Crippen molar-refractivity contribution >= 4 is 46.2 Å². The summed E-state index contributed by atoms with van der Waals surface area (Å²) in [6.45, 7) is 1.86. The number of carboxylic acid groups (broad SMARTS) is 1. The number of rotatable bonds is 10. The van der Waals surface area contributed by atoms with E-state index in [0.29, 0.717) is 52.0 Å². The van der Waals surface area contributed by atoms with Crippen LogP contribution < -0.4 is 16.0 Å². The van der Waals surface area contributed by atoms with Gasteiger partial charge in [0.2, 0.25) is 0 Å². The van der Waals surface area contributed by atoms with Crippen molar-refractivity contribution in [3.8, 4) is 0 Å². The molecular formula is C34H29N3O5. The fourth-order valence-corrected chi connectivity index (χ4v) is 4.78. The van der Waals surface area contributed by atoms with Crippen LogP contribution in [0.5, 0.6) is 0 Å². The van der Waals surface area contributed by atoms with Gasteiger partial charge in [0.1, 0.15) is 0 Å². The molecule has 0 unspecified atom stereocenters. The number of amides is 2. The van der Waals surface area contributed by atoms with Crippen molar-refractivity contribution in [1.29, 1.82) is 0 Å². The first kappa shape index (κ1) is 28.0. The number of hydrogen-bond donors (Lipinski definition) is 4. The Kier molecular flexibility index (Phi) is 8.24. The molecule has 8 heteroatoms. The SMILES string of the molecule is Cc1ccccc1C(=O)Nc1cccc(C(=O)c2ccc3c(c2)NC(=O)C3=CNc2ccc(CCCC(=O)O)cc2)c1. The Labute approximate surface area is 243 Å². The highest BCUT2D eigenvalue weighted by Gasteiger charge is 2.25. The maximum atomic E-state index is 13.3. The molecule has 2 amide bonds. The normalized spacial score (nSPS) is 12.9. The third kappa shape index (κ3) is 6.45. The molecule has 0 saturated carbocycles. The van der Waals surface area contributed by atoms with Crippen molar-refractivity contribution in [3.05, 3.63) is 131 Å². The van der Waals surface area contributed by atoms with Crippen molar-refractivity contribution in [3.63, 3.8) is 0 Å². The number of anilines is 3. The zero-order valence-corrected chi connectivity index (χ0v) is 22.9. The second kappa shape index (κ2) is 12.3. The number of nitrogens with one attached hydrogen (secondary N) is 3. The molecule has 0 saturated heterocycles.